The van der Waals surface area contributed by atoms with Gasteiger partial charge in [-0.2, -0.15) is 0 Å². The van der Waals surface area contributed by atoms with Gasteiger partial charge in [-0.1, -0.05) is 253 Å². The summed E-state index contributed by atoms with van der Waals surface area (Å²) in [7, 11) is -8.88. The Bertz CT molecular complexity index is 3280. The smallest absolute Gasteiger partial charge is 0.261 e. The largest absolute Gasteiger partial charge is 0.413 e. The fourth-order valence-corrected chi connectivity index (χ4v) is 25.6. The fraction of sp³-hybridized carbons (Fsp3) is 0.701. The summed E-state index contributed by atoms with van der Waals surface area (Å²) in [5.41, 5.74) is 2.64. The number of methoxy groups -OCH3 is 1. The van der Waals surface area contributed by atoms with Crippen LogP contribution in [0.3, 0.4) is 0 Å². The summed E-state index contributed by atoms with van der Waals surface area (Å²) in [5, 5.41) is 2.05. The first-order valence-electron chi connectivity index (χ1n) is 40.4. The summed E-state index contributed by atoms with van der Waals surface area (Å²) in [6, 6.07) is 42.7. The molecule has 0 aliphatic carbocycles. The first-order valence-corrected chi connectivity index (χ1v) is 56.3. The maximum absolute atomic E-state index is 8.12. The van der Waals surface area contributed by atoms with Crippen LogP contribution in [0.5, 0.6) is 0 Å². The molecule has 0 amide bonds. The maximum Gasteiger partial charge on any atom is 0.261 e. The molecule has 0 saturated carbocycles. The highest BCUT2D eigenvalue weighted by Crippen LogP contribution is 2.52. The number of halogens is 1. The topological polar surface area (TPSA) is 129 Å². The van der Waals surface area contributed by atoms with Crippen molar-refractivity contribution in [2.24, 2.45) is 11.8 Å². The van der Waals surface area contributed by atoms with Crippen molar-refractivity contribution in [3.8, 4) is 0 Å². The van der Waals surface area contributed by atoms with Crippen LogP contribution >= 0.6 is 15.9 Å². The molecule has 8 rings (SSSR count). The third-order valence-electron chi connectivity index (χ3n) is 23.8. The lowest BCUT2D eigenvalue weighted by Gasteiger charge is -2.56. The van der Waals surface area contributed by atoms with E-state index in [1.54, 1.807) is 0 Å². The summed E-state index contributed by atoms with van der Waals surface area (Å²) in [6.07, 6.45) is 4.05. The standard InChI is InChI=1S/C87H143BrO14Si5/c1-65(50-74-55-85(13,102-106(23,24)83(7,8)9)62-87(98-74)57-73(94-63-91-46-48-103(15,16)17)51-70(96-87)44-45-90-60-69-38-34-35-43-79(69)88)66(2)81(95-64-92-47-49-104(18,19)20)67(3)80(101-105(21,22)82(4,5)6)54-71-52-72(89-14)56-86(97-71)58-75(53-76(99-86)61-93-59-68-36-28-25-29-37-68)100-107(84(10,11)12,77-39-30-26-31-40-77)78-41-32-27-33-42-78/h25-43,66-67,70-76,80-81H,1,44-64H2,2-24H3/t66-,67-,70+,71+,72+,73+,74+,75+,76-,80+,81+,85+,86-,87-/m1/s1. The van der Waals surface area contributed by atoms with Crippen LogP contribution in [0, 0.1) is 11.8 Å². The van der Waals surface area contributed by atoms with E-state index in [-0.39, 0.29) is 95.5 Å². The van der Waals surface area contributed by atoms with Gasteiger partial charge in [0.05, 0.1) is 80.4 Å². The SMILES string of the molecule is C=C(C[C@H]1C[C@](C)(O[Si](C)(C)C(C)(C)C)C[C@@]2(C[C@@H](OCOCC[Si](C)(C)C)C[C@H](CCOCc3ccccc3Br)O2)O1)[C@@H](C)[C@H](OCOCC[Si](C)(C)C)[C@H](C)[C@H](C[C@@H]1C[C@H](OC)C[C@@]2(C[C@@H](O[Si](c3ccccc3)(c3ccccc3)C(C)(C)C)C[C@H](COCc3ccccc3)O2)O1)O[Si](C)(C)C(C)(C)C. The summed E-state index contributed by atoms with van der Waals surface area (Å²) in [5.74, 6) is -2.47. The zero-order valence-corrected chi connectivity index (χ0v) is 77.1. The summed E-state index contributed by atoms with van der Waals surface area (Å²) in [6.45, 7) is 60.3. The molecule has 4 aliphatic rings. The Balaban J connectivity index is 1.13. The van der Waals surface area contributed by atoms with Gasteiger partial charge in [0.1, 0.15) is 13.6 Å². The van der Waals surface area contributed by atoms with Gasteiger partial charge < -0.3 is 65.4 Å². The van der Waals surface area contributed by atoms with Gasteiger partial charge in [0, 0.05) is 111 Å². The van der Waals surface area contributed by atoms with Gasteiger partial charge in [-0.05, 0) is 107 Å². The highest BCUT2D eigenvalue weighted by molar-refractivity contribution is 9.10. The number of rotatable bonds is 38. The second-order valence-corrected chi connectivity index (χ2v) is 64.6. The molecule has 4 aromatic rings. The molecule has 4 aliphatic heterocycles. The van der Waals surface area contributed by atoms with E-state index < -0.39 is 58.3 Å². The van der Waals surface area contributed by atoms with Crippen LogP contribution in [0.2, 0.25) is 92.7 Å². The molecule has 20 heteroatoms. The van der Waals surface area contributed by atoms with Crippen molar-refractivity contribution in [1.82, 2.24) is 0 Å². The van der Waals surface area contributed by atoms with Crippen molar-refractivity contribution in [1.29, 1.82) is 0 Å². The van der Waals surface area contributed by atoms with Crippen LogP contribution in [0.1, 0.15) is 165 Å². The van der Waals surface area contributed by atoms with Gasteiger partial charge in [0.25, 0.3) is 8.32 Å². The van der Waals surface area contributed by atoms with Gasteiger partial charge in [-0.25, -0.2) is 0 Å². The molecule has 4 fully saturated rings. The average Bonchev–Trinajstić information content (AvgIpc) is 0.743. The van der Waals surface area contributed by atoms with E-state index in [1.165, 1.54) is 10.4 Å². The van der Waals surface area contributed by atoms with E-state index in [0.29, 0.717) is 110 Å². The molecule has 107 heavy (non-hydrogen) atoms. The van der Waals surface area contributed by atoms with Gasteiger partial charge in [0.2, 0.25) is 0 Å². The number of benzene rings is 4. The Morgan fingerprint density at radius 2 is 1.08 bits per heavy atom. The molecule has 0 unspecified atom stereocenters. The van der Waals surface area contributed by atoms with E-state index in [2.05, 4.69) is 262 Å². The fourth-order valence-electron chi connectivity index (χ4n) is 15.9. The van der Waals surface area contributed by atoms with Gasteiger partial charge in [0.15, 0.2) is 28.2 Å². The Morgan fingerprint density at radius 1 is 0.561 bits per heavy atom. The van der Waals surface area contributed by atoms with Crippen LogP contribution in [0.4, 0.5) is 0 Å². The normalized spacial score (nSPS) is 26.4. The second kappa shape index (κ2) is 38.4. The lowest BCUT2D eigenvalue weighted by Crippen LogP contribution is -2.69. The highest BCUT2D eigenvalue weighted by atomic mass is 79.9. The third kappa shape index (κ3) is 26.1. The predicted molar refractivity (Wildman–Crippen MR) is 453 cm³/mol. The summed E-state index contributed by atoms with van der Waals surface area (Å²) >= 11 is 3.73. The highest BCUT2D eigenvalue weighted by Gasteiger charge is 2.59. The van der Waals surface area contributed by atoms with Crippen LogP contribution < -0.4 is 10.4 Å². The minimum atomic E-state index is -3.06. The first-order chi connectivity index (χ1) is 50.0. The molecule has 14 nitrogen and oxygen atoms in total. The van der Waals surface area contributed by atoms with Crippen molar-refractivity contribution >= 4 is 67.4 Å². The average molecular weight is 1630 g/mol. The molecular weight excluding hydrogens is 1490 g/mol. The molecule has 2 spiro atoms. The molecule has 0 N–H and O–H groups in total. The Morgan fingerprint density at radius 3 is 1.66 bits per heavy atom. The van der Waals surface area contributed by atoms with E-state index in [0.717, 1.165) is 33.3 Å². The molecule has 602 valence electrons. The monoisotopic (exact) mass is 1630 g/mol. The predicted octanol–water partition coefficient (Wildman–Crippen LogP) is 20.8. The Hall–Kier alpha value is -2.38. The minimum Gasteiger partial charge on any atom is -0.413 e. The van der Waals surface area contributed by atoms with Gasteiger partial charge in [-0.15, -0.1) is 0 Å². The second-order valence-electron chi connectivity index (χ2n) is 38.7. The van der Waals surface area contributed by atoms with Crippen LogP contribution in [-0.2, 0) is 78.6 Å². The quantitative estimate of drug-likeness (QED) is 0.0183. The Labute approximate surface area is 662 Å². The van der Waals surface area contributed by atoms with E-state index in [9.17, 15) is 0 Å². The van der Waals surface area contributed by atoms with Crippen molar-refractivity contribution < 1.29 is 65.4 Å². The van der Waals surface area contributed by atoms with Crippen LogP contribution in [0.15, 0.2) is 132 Å². The molecular formula is C87H143BrO14Si5. The van der Waals surface area contributed by atoms with E-state index in [1.807, 2.05) is 25.3 Å². The summed E-state index contributed by atoms with van der Waals surface area (Å²) < 4.78 is 102. The van der Waals surface area contributed by atoms with Crippen molar-refractivity contribution in [3.63, 3.8) is 0 Å². The van der Waals surface area contributed by atoms with Crippen molar-refractivity contribution in [2.45, 2.75) is 332 Å². The molecule has 4 aromatic carbocycles. The molecule has 0 radical (unpaired) electrons. The molecule has 0 bridgehead atoms. The maximum atomic E-state index is 8.12. The molecule has 4 saturated heterocycles. The van der Waals surface area contributed by atoms with Crippen molar-refractivity contribution in [2.75, 3.05) is 47.1 Å². The van der Waals surface area contributed by atoms with Crippen LogP contribution in [0.25, 0.3) is 0 Å². The van der Waals surface area contributed by atoms with Crippen LogP contribution in [-0.4, -0.2) is 160 Å². The lowest BCUT2D eigenvalue weighted by molar-refractivity contribution is -0.353. The Kier molecular flexibility index (Phi) is 32.3. The lowest BCUT2D eigenvalue weighted by atomic mass is 9.78. The zero-order valence-electron chi connectivity index (χ0n) is 70.5. The summed E-state index contributed by atoms with van der Waals surface area (Å²) in [4.78, 5) is 0. The van der Waals surface area contributed by atoms with Crippen molar-refractivity contribution in [3.05, 3.63) is 143 Å². The first kappa shape index (κ1) is 90.2. The van der Waals surface area contributed by atoms with E-state index >= 15 is 0 Å². The number of ether oxygens (including phenoxy) is 11. The minimum absolute atomic E-state index is 0.0461. The van der Waals surface area contributed by atoms with Gasteiger partial charge in [-0.3, -0.25) is 0 Å². The molecule has 0 aromatic heterocycles. The van der Waals surface area contributed by atoms with E-state index in [4.69, 9.17) is 72.0 Å². The number of hydrogen-bond acceptors (Lipinski definition) is 14. The number of hydrogen-bond donors (Lipinski definition) is 0. The van der Waals surface area contributed by atoms with Gasteiger partial charge >= 0.3 is 0 Å². The zero-order chi connectivity index (χ0) is 78.5. The molecule has 14 atom stereocenters. The molecule has 4 heterocycles. The third-order valence-corrected chi connectivity index (χ3v) is 42.2.